The highest BCUT2D eigenvalue weighted by Gasteiger charge is 2.43. The van der Waals surface area contributed by atoms with Crippen LogP contribution in [-0.4, -0.2) is 5.91 Å². The third-order valence-electron chi connectivity index (χ3n) is 4.52. The highest BCUT2D eigenvalue weighted by atomic mass is 19.1. The van der Waals surface area contributed by atoms with Crippen molar-refractivity contribution in [3.8, 4) is 0 Å². The van der Waals surface area contributed by atoms with Gasteiger partial charge in [-0.1, -0.05) is 6.42 Å². The molecule has 2 nitrogen and oxygen atoms in total. The summed E-state index contributed by atoms with van der Waals surface area (Å²) in [7, 11) is 0. The SMILES string of the molecule is Cc1cc(F)ccc1NC(=O)C1CC2CCC1C2. The minimum absolute atomic E-state index is 0.122. The maximum absolute atomic E-state index is 13.0. The molecule has 0 heterocycles. The van der Waals surface area contributed by atoms with Gasteiger partial charge in [-0.25, -0.2) is 4.39 Å². The molecule has 1 amide bonds. The Balaban J connectivity index is 1.71. The van der Waals surface area contributed by atoms with Crippen molar-refractivity contribution in [2.45, 2.75) is 32.6 Å². The summed E-state index contributed by atoms with van der Waals surface area (Å²) in [6, 6.07) is 4.50. The van der Waals surface area contributed by atoms with Crippen LogP contribution < -0.4 is 5.32 Å². The Morgan fingerprint density at radius 3 is 2.78 bits per heavy atom. The second-order valence-electron chi connectivity index (χ2n) is 5.73. The molecule has 3 unspecified atom stereocenters. The van der Waals surface area contributed by atoms with Crippen molar-refractivity contribution in [1.29, 1.82) is 0 Å². The van der Waals surface area contributed by atoms with E-state index in [0.717, 1.165) is 23.6 Å². The Bertz CT molecular complexity index is 485. The quantitative estimate of drug-likeness (QED) is 0.851. The number of halogens is 1. The first kappa shape index (κ1) is 11.7. The number of nitrogens with one attached hydrogen (secondary N) is 1. The van der Waals surface area contributed by atoms with Crippen molar-refractivity contribution in [1.82, 2.24) is 0 Å². The van der Waals surface area contributed by atoms with E-state index in [2.05, 4.69) is 5.32 Å². The first-order valence-electron chi connectivity index (χ1n) is 6.70. The Morgan fingerprint density at radius 1 is 1.33 bits per heavy atom. The molecule has 1 N–H and O–H groups in total. The molecule has 2 aliphatic rings. The number of rotatable bonds is 2. The van der Waals surface area contributed by atoms with Crippen LogP contribution in [0.15, 0.2) is 18.2 Å². The van der Waals surface area contributed by atoms with Crippen molar-refractivity contribution in [3.63, 3.8) is 0 Å². The molecule has 1 aromatic rings. The Labute approximate surface area is 107 Å². The topological polar surface area (TPSA) is 29.1 Å². The number of anilines is 1. The van der Waals surface area contributed by atoms with Gasteiger partial charge >= 0.3 is 0 Å². The Hall–Kier alpha value is -1.38. The van der Waals surface area contributed by atoms with Crippen LogP contribution in [-0.2, 0) is 4.79 Å². The fourth-order valence-electron chi connectivity index (χ4n) is 3.56. The highest BCUT2D eigenvalue weighted by molar-refractivity contribution is 5.93. The zero-order valence-corrected chi connectivity index (χ0v) is 10.6. The summed E-state index contributed by atoms with van der Waals surface area (Å²) in [4.78, 5) is 12.2. The summed E-state index contributed by atoms with van der Waals surface area (Å²) in [5.41, 5.74) is 1.52. The average Bonchev–Trinajstić information content (AvgIpc) is 2.94. The average molecular weight is 247 g/mol. The maximum Gasteiger partial charge on any atom is 0.227 e. The van der Waals surface area contributed by atoms with Gasteiger partial charge in [-0.15, -0.1) is 0 Å². The largest absolute Gasteiger partial charge is 0.326 e. The lowest BCUT2D eigenvalue weighted by Crippen LogP contribution is -2.27. The number of carbonyl (C=O) groups excluding carboxylic acids is 1. The van der Waals surface area contributed by atoms with Crippen molar-refractivity contribution >= 4 is 11.6 Å². The van der Waals surface area contributed by atoms with E-state index in [1.807, 2.05) is 6.92 Å². The normalized spacial score (nSPS) is 29.6. The van der Waals surface area contributed by atoms with E-state index in [9.17, 15) is 9.18 Å². The van der Waals surface area contributed by atoms with E-state index in [1.54, 1.807) is 6.07 Å². The zero-order valence-electron chi connectivity index (χ0n) is 10.6. The van der Waals surface area contributed by atoms with Crippen LogP contribution in [0.5, 0.6) is 0 Å². The molecule has 2 aliphatic carbocycles. The van der Waals surface area contributed by atoms with Crippen LogP contribution in [0.1, 0.15) is 31.2 Å². The van der Waals surface area contributed by atoms with E-state index in [4.69, 9.17) is 0 Å². The predicted octanol–water partition coefficient (Wildman–Crippen LogP) is 3.51. The van der Waals surface area contributed by atoms with Gasteiger partial charge in [0.15, 0.2) is 0 Å². The van der Waals surface area contributed by atoms with E-state index >= 15 is 0 Å². The van der Waals surface area contributed by atoms with Gasteiger partial charge in [-0.05, 0) is 61.8 Å². The molecular weight excluding hydrogens is 229 g/mol. The summed E-state index contributed by atoms with van der Waals surface area (Å²) in [6.07, 6.45) is 4.76. The first-order chi connectivity index (χ1) is 8.63. The first-order valence-corrected chi connectivity index (χ1v) is 6.70. The van der Waals surface area contributed by atoms with Gasteiger partial charge in [-0.2, -0.15) is 0 Å². The highest BCUT2D eigenvalue weighted by Crippen LogP contribution is 2.48. The molecule has 18 heavy (non-hydrogen) atoms. The fraction of sp³-hybridized carbons (Fsp3) is 0.533. The van der Waals surface area contributed by atoms with Gasteiger partial charge in [0.25, 0.3) is 0 Å². The van der Waals surface area contributed by atoms with Crippen LogP contribution in [0.4, 0.5) is 10.1 Å². The van der Waals surface area contributed by atoms with Gasteiger partial charge in [0.1, 0.15) is 5.82 Å². The van der Waals surface area contributed by atoms with Crippen molar-refractivity contribution in [3.05, 3.63) is 29.6 Å². The van der Waals surface area contributed by atoms with Gasteiger partial charge in [-0.3, -0.25) is 4.79 Å². The number of hydrogen-bond acceptors (Lipinski definition) is 1. The lowest BCUT2D eigenvalue weighted by Gasteiger charge is -2.21. The molecule has 3 atom stereocenters. The number of aryl methyl sites for hydroxylation is 1. The van der Waals surface area contributed by atoms with Crippen LogP contribution in [0.25, 0.3) is 0 Å². The summed E-state index contributed by atoms with van der Waals surface area (Å²) in [5.74, 6) is 1.38. The summed E-state index contributed by atoms with van der Waals surface area (Å²) in [5, 5.41) is 2.96. The molecule has 0 spiro atoms. The van der Waals surface area contributed by atoms with Crippen molar-refractivity contribution in [2.75, 3.05) is 5.32 Å². The molecule has 0 aromatic heterocycles. The summed E-state index contributed by atoms with van der Waals surface area (Å²) in [6.45, 7) is 1.82. The maximum atomic E-state index is 13.0. The standard InChI is InChI=1S/C15H18FNO/c1-9-6-12(16)4-5-14(9)17-15(18)13-8-10-2-3-11(13)7-10/h4-6,10-11,13H,2-3,7-8H2,1H3,(H,17,18). The third kappa shape index (κ3) is 2.02. The minimum atomic E-state index is -0.259. The van der Waals surface area contributed by atoms with Gasteiger partial charge < -0.3 is 5.32 Å². The van der Waals surface area contributed by atoms with Crippen LogP contribution in [0.2, 0.25) is 0 Å². The van der Waals surface area contributed by atoms with Gasteiger partial charge in [0.05, 0.1) is 0 Å². The molecule has 0 radical (unpaired) electrons. The molecule has 0 aliphatic heterocycles. The summed E-state index contributed by atoms with van der Waals surface area (Å²) >= 11 is 0. The zero-order chi connectivity index (χ0) is 12.7. The summed E-state index contributed by atoms with van der Waals surface area (Å²) < 4.78 is 13.0. The third-order valence-corrected chi connectivity index (χ3v) is 4.52. The molecule has 2 bridgehead atoms. The second kappa shape index (κ2) is 4.38. The van der Waals surface area contributed by atoms with Crippen LogP contribution in [0, 0.1) is 30.5 Å². The molecule has 0 saturated heterocycles. The van der Waals surface area contributed by atoms with Crippen LogP contribution >= 0.6 is 0 Å². The molecule has 2 fully saturated rings. The Kier molecular flexibility index (Phi) is 2.84. The lowest BCUT2D eigenvalue weighted by molar-refractivity contribution is -0.121. The molecule has 3 heteroatoms. The monoisotopic (exact) mass is 247 g/mol. The predicted molar refractivity (Wildman–Crippen MR) is 68.7 cm³/mol. The number of fused-ring (bicyclic) bond motifs is 2. The molecule has 2 saturated carbocycles. The van der Waals surface area contributed by atoms with E-state index in [-0.39, 0.29) is 17.6 Å². The number of hydrogen-bond donors (Lipinski definition) is 1. The van der Waals surface area contributed by atoms with Gasteiger partial charge in [0.2, 0.25) is 5.91 Å². The van der Waals surface area contributed by atoms with E-state index in [1.165, 1.54) is 31.4 Å². The smallest absolute Gasteiger partial charge is 0.227 e. The number of carbonyl (C=O) groups is 1. The van der Waals surface area contributed by atoms with Crippen LogP contribution in [0.3, 0.4) is 0 Å². The Morgan fingerprint density at radius 2 is 2.17 bits per heavy atom. The lowest BCUT2D eigenvalue weighted by atomic mass is 9.88. The van der Waals surface area contributed by atoms with E-state index in [0.29, 0.717) is 5.92 Å². The molecular formula is C15H18FNO. The number of amides is 1. The number of benzene rings is 1. The second-order valence-corrected chi connectivity index (χ2v) is 5.73. The minimum Gasteiger partial charge on any atom is -0.326 e. The molecule has 96 valence electrons. The molecule has 3 rings (SSSR count). The fourth-order valence-corrected chi connectivity index (χ4v) is 3.56. The van der Waals surface area contributed by atoms with Gasteiger partial charge in [0, 0.05) is 11.6 Å². The van der Waals surface area contributed by atoms with Crippen molar-refractivity contribution in [2.24, 2.45) is 17.8 Å². The molecule has 1 aromatic carbocycles. The van der Waals surface area contributed by atoms with Crippen molar-refractivity contribution < 1.29 is 9.18 Å². The van der Waals surface area contributed by atoms with E-state index < -0.39 is 0 Å².